The summed E-state index contributed by atoms with van der Waals surface area (Å²) in [5, 5.41) is 8.87. The number of halogens is 3. The quantitative estimate of drug-likeness (QED) is 0.191. The maximum atomic E-state index is 14.8. The maximum Gasteiger partial charge on any atom is 0.251 e. The molecule has 9 nitrogen and oxygen atoms in total. The molecule has 1 unspecified atom stereocenters. The van der Waals surface area contributed by atoms with Crippen molar-refractivity contribution >= 4 is 47.0 Å². The average Bonchev–Trinajstić information content (AvgIpc) is 3.16. The first-order valence-corrected chi connectivity index (χ1v) is 14.9. The van der Waals surface area contributed by atoms with Crippen LogP contribution in [0.1, 0.15) is 54.2 Å². The van der Waals surface area contributed by atoms with Crippen molar-refractivity contribution in [3.8, 4) is 11.3 Å². The Morgan fingerprint density at radius 2 is 1.74 bits per heavy atom. The second-order valence-electron chi connectivity index (χ2n) is 11.8. The molecule has 0 radical (unpaired) electrons. The first kappa shape index (κ1) is 32.4. The molecule has 2 heterocycles. The minimum atomic E-state index is -0.740. The zero-order valence-corrected chi connectivity index (χ0v) is 26.1. The highest BCUT2D eigenvalue weighted by Gasteiger charge is 2.26. The van der Waals surface area contributed by atoms with Crippen molar-refractivity contribution in [2.45, 2.75) is 39.8 Å². The second-order valence-corrected chi connectivity index (χ2v) is 12.2. The van der Waals surface area contributed by atoms with Gasteiger partial charge in [-0.1, -0.05) is 44.5 Å². The van der Waals surface area contributed by atoms with E-state index in [2.05, 4.69) is 25.9 Å². The summed E-state index contributed by atoms with van der Waals surface area (Å²) >= 11 is 6.30. The molecular weight excluding hydrogens is 614 g/mol. The Morgan fingerprint density at radius 3 is 2.41 bits per heavy atom. The van der Waals surface area contributed by atoms with E-state index in [1.807, 2.05) is 20.8 Å². The molecule has 1 atom stereocenters. The first-order valence-electron chi connectivity index (χ1n) is 14.5. The average molecular weight is 645 g/mol. The van der Waals surface area contributed by atoms with Crippen molar-refractivity contribution in [1.29, 1.82) is 0 Å². The van der Waals surface area contributed by atoms with Crippen molar-refractivity contribution < 1.29 is 23.2 Å². The van der Waals surface area contributed by atoms with Crippen molar-refractivity contribution in [2.75, 3.05) is 11.9 Å². The lowest BCUT2D eigenvalue weighted by molar-refractivity contribution is -0.125. The molecular formula is C34H31ClF2N6O3. The predicted octanol–water partition coefficient (Wildman–Crippen LogP) is 6.02. The number of aromatic nitrogens is 2. The summed E-state index contributed by atoms with van der Waals surface area (Å²) in [4.78, 5) is 49.8. The number of carbonyl (C=O) groups excluding carboxylic acids is 3. The lowest BCUT2D eigenvalue weighted by Crippen LogP contribution is -2.45. The van der Waals surface area contributed by atoms with E-state index in [1.54, 1.807) is 48.7 Å². The minimum Gasteiger partial charge on any atom is -0.352 e. The third kappa shape index (κ3) is 7.26. The highest BCUT2D eigenvalue weighted by molar-refractivity contribution is 6.31. The fraction of sp³-hybridized carbons (Fsp3) is 0.235. The van der Waals surface area contributed by atoms with Gasteiger partial charge >= 0.3 is 0 Å². The molecule has 3 N–H and O–H groups in total. The van der Waals surface area contributed by atoms with Crippen molar-refractivity contribution in [3.05, 3.63) is 106 Å². The molecule has 0 saturated carbocycles. The Kier molecular flexibility index (Phi) is 9.52. The fourth-order valence-electron chi connectivity index (χ4n) is 4.85. The number of anilines is 2. The molecule has 2 amide bonds. The third-order valence-corrected chi connectivity index (χ3v) is 7.63. The third-order valence-electron chi connectivity index (χ3n) is 7.39. The van der Waals surface area contributed by atoms with E-state index in [9.17, 15) is 23.2 Å². The number of fused-ring (bicyclic) bond motifs is 3. The van der Waals surface area contributed by atoms with Crippen LogP contribution < -0.4 is 16.0 Å². The number of benzene rings is 3. The molecule has 0 bridgehead atoms. The van der Waals surface area contributed by atoms with Crippen LogP contribution in [0, 0.1) is 17.0 Å². The van der Waals surface area contributed by atoms with Crippen LogP contribution in [0.25, 0.3) is 11.3 Å². The zero-order valence-electron chi connectivity index (χ0n) is 25.3. The largest absolute Gasteiger partial charge is 0.352 e. The van der Waals surface area contributed by atoms with Crippen LogP contribution in [0.3, 0.4) is 0 Å². The van der Waals surface area contributed by atoms with Gasteiger partial charge in [0.25, 0.3) is 5.91 Å². The summed E-state index contributed by atoms with van der Waals surface area (Å²) in [7, 11) is 0. The summed E-state index contributed by atoms with van der Waals surface area (Å²) in [6.07, 6.45) is 2.33. The van der Waals surface area contributed by atoms with E-state index in [0.29, 0.717) is 44.9 Å². The van der Waals surface area contributed by atoms with Crippen molar-refractivity contribution in [2.24, 2.45) is 10.4 Å². The molecule has 4 aromatic rings. The number of aldehydes is 1. The Labute approximate surface area is 269 Å². The van der Waals surface area contributed by atoms with Gasteiger partial charge in [-0.3, -0.25) is 14.6 Å². The number of nitrogens with zero attached hydrogens (tertiary/aromatic N) is 3. The van der Waals surface area contributed by atoms with Gasteiger partial charge in [-0.25, -0.2) is 18.7 Å². The van der Waals surface area contributed by atoms with E-state index < -0.39 is 23.1 Å². The Hall–Kier alpha value is -5.03. The van der Waals surface area contributed by atoms with Gasteiger partial charge in [0, 0.05) is 52.1 Å². The zero-order chi connectivity index (χ0) is 33.0. The van der Waals surface area contributed by atoms with E-state index in [1.165, 1.54) is 18.2 Å². The van der Waals surface area contributed by atoms with Crippen molar-refractivity contribution in [3.63, 3.8) is 0 Å². The second kappa shape index (κ2) is 13.5. The maximum absolute atomic E-state index is 14.8. The normalized spacial score (nSPS) is 13.0. The van der Waals surface area contributed by atoms with Gasteiger partial charge in [0.1, 0.15) is 17.9 Å². The predicted molar refractivity (Wildman–Crippen MR) is 172 cm³/mol. The van der Waals surface area contributed by atoms with Crippen LogP contribution in [0.2, 0.25) is 5.02 Å². The molecule has 1 aromatic heterocycles. The Balaban J connectivity index is 1.28. The topological polar surface area (TPSA) is 125 Å². The molecule has 46 heavy (non-hydrogen) atoms. The molecule has 0 fully saturated rings. The lowest BCUT2D eigenvalue weighted by Gasteiger charge is -2.26. The van der Waals surface area contributed by atoms with Gasteiger partial charge in [0.2, 0.25) is 11.9 Å². The Bertz CT molecular complexity index is 1820. The molecule has 5 rings (SSSR count). The van der Waals surface area contributed by atoms with Crippen LogP contribution in [0.5, 0.6) is 0 Å². The molecule has 0 aliphatic carbocycles. The van der Waals surface area contributed by atoms with Crippen LogP contribution in [-0.2, 0) is 16.1 Å². The highest BCUT2D eigenvalue weighted by Crippen LogP contribution is 2.34. The molecule has 3 aromatic carbocycles. The first-order chi connectivity index (χ1) is 21.9. The Morgan fingerprint density at radius 1 is 1.02 bits per heavy atom. The standard InChI is InChI=1S/C34H31ClF2N6O3/c1-34(2,3)27(18-44)42-28(45)13-14-38-32(46)19-7-10-22(11-8-19)41-33-40-17-20-16-39-31(29-25(36)5-4-6-26(29)37)24-15-21(35)9-12-23(24)30(20)43-33/h4-12,15,17-18,27H,13-14,16H2,1-3H3,(H,38,46)(H,42,45)(H,40,41,43). The summed E-state index contributed by atoms with van der Waals surface area (Å²) in [5.41, 5.74) is 2.66. The number of aliphatic imine (C=N–C) groups is 1. The van der Waals surface area contributed by atoms with Crippen LogP contribution in [-0.4, -0.2) is 46.4 Å². The number of hydrogen-bond donors (Lipinski definition) is 3. The minimum absolute atomic E-state index is 0.0264. The van der Waals surface area contributed by atoms with Gasteiger partial charge in [-0.15, -0.1) is 0 Å². The number of amides is 2. The fourth-order valence-corrected chi connectivity index (χ4v) is 5.02. The summed E-state index contributed by atoms with van der Waals surface area (Å²) in [6.45, 7) is 5.74. The van der Waals surface area contributed by atoms with E-state index >= 15 is 0 Å². The molecule has 12 heteroatoms. The van der Waals surface area contributed by atoms with E-state index in [0.717, 1.165) is 0 Å². The molecule has 0 saturated heterocycles. The smallest absolute Gasteiger partial charge is 0.251 e. The number of carbonyl (C=O) groups is 3. The van der Waals surface area contributed by atoms with Crippen LogP contribution in [0.15, 0.2) is 71.9 Å². The van der Waals surface area contributed by atoms with Gasteiger partial charge < -0.3 is 20.7 Å². The van der Waals surface area contributed by atoms with Gasteiger partial charge in [-0.2, -0.15) is 0 Å². The molecule has 0 spiro atoms. The van der Waals surface area contributed by atoms with Crippen LogP contribution >= 0.6 is 11.6 Å². The number of nitrogens with one attached hydrogen (secondary N) is 3. The van der Waals surface area contributed by atoms with Gasteiger partial charge in [0.05, 0.1) is 29.6 Å². The van der Waals surface area contributed by atoms with Gasteiger partial charge in [-0.05, 0) is 53.9 Å². The molecule has 236 valence electrons. The molecule has 1 aliphatic heterocycles. The van der Waals surface area contributed by atoms with E-state index in [-0.39, 0.29) is 48.5 Å². The summed E-state index contributed by atoms with van der Waals surface area (Å²) < 4.78 is 29.6. The summed E-state index contributed by atoms with van der Waals surface area (Å²) in [5.74, 6) is -1.92. The highest BCUT2D eigenvalue weighted by atomic mass is 35.5. The number of hydrogen-bond acceptors (Lipinski definition) is 7. The number of rotatable bonds is 9. The van der Waals surface area contributed by atoms with Gasteiger partial charge in [0.15, 0.2) is 0 Å². The van der Waals surface area contributed by atoms with Crippen molar-refractivity contribution in [1.82, 2.24) is 20.6 Å². The molecule has 1 aliphatic rings. The SMILES string of the molecule is CC(C)(C)C(C=O)NC(=O)CCNC(=O)c1ccc(Nc2ncc3c(n2)-c2ccc(Cl)cc2C(c2c(F)cccc2F)=NC3)cc1. The lowest BCUT2D eigenvalue weighted by atomic mass is 9.87. The monoisotopic (exact) mass is 644 g/mol. The van der Waals surface area contributed by atoms with Crippen LogP contribution in [0.4, 0.5) is 20.4 Å². The summed E-state index contributed by atoms with van der Waals surface area (Å²) in [6, 6.07) is 14.6. The van der Waals surface area contributed by atoms with E-state index in [4.69, 9.17) is 16.6 Å².